The lowest BCUT2D eigenvalue weighted by Crippen LogP contribution is -2.48. The Balaban J connectivity index is 1.47. The molecule has 1 N–H and O–H groups in total. The summed E-state index contributed by atoms with van der Waals surface area (Å²) >= 11 is 1.33. The van der Waals surface area contributed by atoms with Gasteiger partial charge in [0.2, 0.25) is 5.91 Å². The summed E-state index contributed by atoms with van der Waals surface area (Å²) in [6, 6.07) is 13.8. The number of carbonyl (C=O) groups excluding carboxylic acids is 2. The number of carbonyl (C=O) groups is 2. The van der Waals surface area contributed by atoms with Gasteiger partial charge in [-0.05, 0) is 17.7 Å². The van der Waals surface area contributed by atoms with Crippen molar-refractivity contribution in [3.05, 3.63) is 59.0 Å². The van der Waals surface area contributed by atoms with Crippen LogP contribution < -0.4 is 5.32 Å². The molecule has 5 nitrogen and oxygen atoms in total. The van der Waals surface area contributed by atoms with Gasteiger partial charge in [0.15, 0.2) is 0 Å². The molecular formula is C20H23N3O2S. The van der Waals surface area contributed by atoms with Gasteiger partial charge in [-0.1, -0.05) is 42.5 Å². The Morgan fingerprint density at radius 1 is 1.08 bits per heavy atom. The second-order valence-corrected chi connectivity index (χ2v) is 7.33. The van der Waals surface area contributed by atoms with E-state index in [9.17, 15) is 9.59 Å². The highest BCUT2D eigenvalue weighted by molar-refractivity contribution is 7.18. The Labute approximate surface area is 157 Å². The molecule has 1 saturated heterocycles. The van der Waals surface area contributed by atoms with E-state index in [0.29, 0.717) is 9.88 Å². The van der Waals surface area contributed by atoms with Crippen LogP contribution in [0.1, 0.15) is 22.2 Å². The second kappa shape index (κ2) is 8.78. The van der Waals surface area contributed by atoms with Gasteiger partial charge in [0.25, 0.3) is 5.91 Å². The first-order chi connectivity index (χ1) is 12.6. The zero-order valence-electron chi connectivity index (χ0n) is 14.9. The molecule has 1 fully saturated rings. The van der Waals surface area contributed by atoms with Crippen molar-refractivity contribution >= 4 is 34.2 Å². The average Bonchev–Trinajstić information content (AvgIpc) is 3.10. The number of rotatable bonds is 5. The number of amides is 2. The standard InChI is InChI=1S/C20H23N3O2S/c1-16(24)21-19-10-9-18(26-19)20(25)23-14-12-22(13-15-23)11-5-8-17-6-3-2-4-7-17/h2-10H,11-15H2,1H3,(H,21,24)/b8-5+. The van der Waals surface area contributed by atoms with Crippen LogP contribution in [0.15, 0.2) is 48.5 Å². The molecule has 0 saturated carbocycles. The molecule has 0 unspecified atom stereocenters. The summed E-state index contributed by atoms with van der Waals surface area (Å²) in [7, 11) is 0. The first kappa shape index (κ1) is 18.4. The molecule has 0 atom stereocenters. The number of thiophene rings is 1. The Morgan fingerprint density at radius 2 is 1.81 bits per heavy atom. The number of piperazine rings is 1. The third-order valence-electron chi connectivity index (χ3n) is 4.25. The fourth-order valence-electron chi connectivity index (χ4n) is 2.88. The number of benzene rings is 1. The fourth-order valence-corrected chi connectivity index (χ4v) is 3.81. The predicted molar refractivity (Wildman–Crippen MR) is 106 cm³/mol. The highest BCUT2D eigenvalue weighted by Crippen LogP contribution is 2.23. The number of nitrogens with zero attached hydrogens (tertiary/aromatic N) is 2. The molecule has 1 aromatic carbocycles. The Kier molecular flexibility index (Phi) is 6.20. The molecule has 2 heterocycles. The molecule has 0 spiro atoms. The van der Waals surface area contributed by atoms with Crippen LogP contribution in [0.2, 0.25) is 0 Å². The lowest BCUT2D eigenvalue weighted by atomic mass is 10.2. The summed E-state index contributed by atoms with van der Waals surface area (Å²) in [4.78, 5) is 28.6. The van der Waals surface area contributed by atoms with Crippen LogP contribution in [0.25, 0.3) is 6.08 Å². The highest BCUT2D eigenvalue weighted by atomic mass is 32.1. The van der Waals surface area contributed by atoms with Gasteiger partial charge in [0, 0.05) is 39.6 Å². The highest BCUT2D eigenvalue weighted by Gasteiger charge is 2.22. The SMILES string of the molecule is CC(=O)Nc1ccc(C(=O)N2CCN(C/C=C/c3ccccc3)CC2)s1. The van der Waals surface area contributed by atoms with E-state index < -0.39 is 0 Å². The molecule has 6 heteroatoms. The summed E-state index contributed by atoms with van der Waals surface area (Å²) in [5, 5.41) is 3.43. The maximum atomic E-state index is 12.6. The largest absolute Gasteiger partial charge is 0.335 e. The first-order valence-electron chi connectivity index (χ1n) is 8.72. The molecule has 3 rings (SSSR count). The fraction of sp³-hybridized carbons (Fsp3) is 0.300. The quantitative estimate of drug-likeness (QED) is 0.881. The minimum Gasteiger partial charge on any atom is -0.335 e. The molecule has 1 aromatic heterocycles. The zero-order valence-corrected chi connectivity index (χ0v) is 15.7. The maximum Gasteiger partial charge on any atom is 0.264 e. The Morgan fingerprint density at radius 3 is 2.50 bits per heavy atom. The molecule has 2 aromatic rings. The van der Waals surface area contributed by atoms with Gasteiger partial charge < -0.3 is 10.2 Å². The molecule has 0 aliphatic carbocycles. The number of anilines is 1. The van der Waals surface area contributed by atoms with Gasteiger partial charge >= 0.3 is 0 Å². The van der Waals surface area contributed by atoms with E-state index >= 15 is 0 Å². The van der Waals surface area contributed by atoms with E-state index in [1.807, 2.05) is 23.1 Å². The van der Waals surface area contributed by atoms with Crippen molar-refractivity contribution < 1.29 is 9.59 Å². The van der Waals surface area contributed by atoms with Gasteiger partial charge in [-0.3, -0.25) is 14.5 Å². The van der Waals surface area contributed by atoms with E-state index in [-0.39, 0.29) is 11.8 Å². The molecule has 0 radical (unpaired) electrons. The first-order valence-corrected chi connectivity index (χ1v) is 9.54. The normalized spacial score (nSPS) is 15.3. The molecular weight excluding hydrogens is 346 g/mol. The van der Waals surface area contributed by atoms with Crippen LogP contribution in [0.5, 0.6) is 0 Å². The van der Waals surface area contributed by atoms with E-state index in [2.05, 4.69) is 34.5 Å². The van der Waals surface area contributed by atoms with Crippen LogP contribution in [0.3, 0.4) is 0 Å². The Bertz CT molecular complexity index is 777. The minimum absolute atomic E-state index is 0.0473. The summed E-state index contributed by atoms with van der Waals surface area (Å²) in [6.07, 6.45) is 4.30. The van der Waals surface area contributed by atoms with Crippen LogP contribution in [0, 0.1) is 0 Å². The van der Waals surface area contributed by atoms with Crippen molar-refractivity contribution in [3.63, 3.8) is 0 Å². The van der Waals surface area contributed by atoms with Gasteiger partial charge in [-0.25, -0.2) is 0 Å². The van der Waals surface area contributed by atoms with E-state index in [1.165, 1.54) is 23.8 Å². The molecule has 26 heavy (non-hydrogen) atoms. The van der Waals surface area contributed by atoms with E-state index in [4.69, 9.17) is 0 Å². The second-order valence-electron chi connectivity index (χ2n) is 6.25. The zero-order chi connectivity index (χ0) is 18.4. The lowest BCUT2D eigenvalue weighted by Gasteiger charge is -2.33. The summed E-state index contributed by atoms with van der Waals surface area (Å²) < 4.78 is 0. The van der Waals surface area contributed by atoms with E-state index in [1.54, 1.807) is 12.1 Å². The predicted octanol–water partition coefficient (Wildman–Crippen LogP) is 3.18. The van der Waals surface area contributed by atoms with Crippen LogP contribution in [-0.4, -0.2) is 54.3 Å². The van der Waals surface area contributed by atoms with Crippen LogP contribution in [-0.2, 0) is 4.79 Å². The average molecular weight is 369 g/mol. The maximum absolute atomic E-state index is 12.6. The lowest BCUT2D eigenvalue weighted by molar-refractivity contribution is -0.114. The smallest absolute Gasteiger partial charge is 0.264 e. The van der Waals surface area contributed by atoms with Gasteiger partial charge in [0.05, 0.1) is 9.88 Å². The van der Waals surface area contributed by atoms with Crippen molar-refractivity contribution in [2.24, 2.45) is 0 Å². The van der Waals surface area contributed by atoms with E-state index in [0.717, 1.165) is 32.7 Å². The number of hydrogen-bond donors (Lipinski definition) is 1. The topological polar surface area (TPSA) is 52.7 Å². The molecule has 1 aliphatic heterocycles. The number of nitrogens with one attached hydrogen (secondary N) is 1. The van der Waals surface area contributed by atoms with Crippen molar-refractivity contribution in [2.45, 2.75) is 6.92 Å². The summed E-state index contributed by atoms with van der Waals surface area (Å²) in [5.41, 5.74) is 1.20. The number of hydrogen-bond acceptors (Lipinski definition) is 4. The van der Waals surface area contributed by atoms with Crippen molar-refractivity contribution in [1.82, 2.24) is 9.80 Å². The van der Waals surface area contributed by atoms with Gasteiger partial charge in [-0.2, -0.15) is 0 Å². The van der Waals surface area contributed by atoms with Gasteiger partial charge in [0.1, 0.15) is 0 Å². The monoisotopic (exact) mass is 369 g/mol. The third kappa shape index (κ3) is 5.03. The van der Waals surface area contributed by atoms with Crippen molar-refractivity contribution in [1.29, 1.82) is 0 Å². The molecule has 1 aliphatic rings. The van der Waals surface area contributed by atoms with Crippen molar-refractivity contribution in [2.75, 3.05) is 38.0 Å². The van der Waals surface area contributed by atoms with Crippen molar-refractivity contribution in [3.8, 4) is 0 Å². The summed E-state index contributed by atoms with van der Waals surface area (Å²) in [6.45, 7) is 5.55. The molecule has 2 amide bonds. The van der Waals surface area contributed by atoms with Gasteiger partial charge in [-0.15, -0.1) is 11.3 Å². The minimum atomic E-state index is -0.122. The summed E-state index contributed by atoms with van der Waals surface area (Å²) in [5.74, 6) is -0.0749. The molecule has 136 valence electrons. The third-order valence-corrected chi connectivity index (χ3v) is 5.24. The Hall–Kier alpha value is -2.44. The molecule has 0 bridgehead atoms. The van der Waals surface area contributed by atoms with Crippen LogP contribution >= 0.6 is 11.3 Å². The van der Waals surface area contributed by atoms with Crippen LogP contribution in [0.4, 0.5) is 5.00 Å².